The Morgan fingerprint density at radius 2 is 1.97 bits per heavy atom. The number of hydrogen-bond donors (Lipinski definition) is 1. The number of aromatic nitrogens is 4. The number of nitrogens with one attached hydrogen (secondary N) is 1. The van der Waals surface area contributed by atoms with Crippen LogP contribution >= 0.6 is 0 Å². The van der Waals surface area contributed by atoms with Crippen molar-refractivity contribution in [1.82, 2.24) is 19.7 Å². The topological polar surface area (TPSA) is 81.9 Å². The molecule has 0 aliphatic rings. The highest BCUT2D eigenvalue weighted by molar-refractivity contribution is 6.00. The van der Waals surface area contributed by atoms with Crippen LogP contribution in [0, 0.1) is 6.92 Å². The second-order valence-electron chi connectivity index (χ2n) is 6.61. The standard InChI is InChI=1S/C22H21N5O2/c1-3-20-26-23-14-27(20)18-9-4-5-10-19(18)29-13-21(28)25-17-8-6-7-16-12-11-15(2)24-22(16)17/h4-12,14H,3,13H2,1-2H3,(H,25,28). The molecule has 0 saturated heterocycles. The molecule has 7 nitrogen and oxygen atoms in total. The zero-order chi connectivity index (χ0) is 20.2. The third-order valence-electron chi connectivity index (χ3n) is 4.55. The van der Waals surface area contributed by atoms with E-state index in [-0.39, 0.29) is 12.5 Å². The highest BCUT2D eigenvalue weighted by atomic mass is 16.5. The van der Waals surface area contributed by atoms with E-state index in [0.29, 0.717) is 11.4 Å². The van der Waals surface area contributed by atoms with Crippen molar-refractivity contribution < 1.29 is 9.53 Å². The number of carbonyl (C=O) groups excluding carboxylic acids is 1. The Balaban J connectivity index is 1.51. The van der Waals surface area contributed by atoms with Crippen molar-refractivity contribution in [3.63, 3.8) is 0 Å². The molecule has 0 atom stereocenters. The van der Waals surface area contributed by atoms with Gasteiger partial charge in [0.05, 0.1) is 16.9 Å². The maximum Gasteiger partial charge on any atom is 0.262 e. The Hall–Kier alpha value is -3.74. The van der Waals surface area contributed by atoms with E-state index in [1.807, 2.05) is 73.0 Å². The van der Waals surface area contributed by atoms with Gasteiger partial charge in [-0.2, -0.15) is 0 Å². The van der Waals surface area contributed by atoms with Crippen molar-refractivity contribution in [1.29, 1.82) is 0 Å². The summed E-state index contributed by atoms with van der Waals surface area (Å²) in [5, 5.41) is 12.0. The minimum Gasteiger partial charge on any atom is -0.482 e. The average molecular weight is 387 g/mol. The Labute approximate surface area is 168 Å². The summed E-state index contributed by atoms with van der Waals surface area (Å²) >= 11 is 0. The van der Waals surface area contributed by atoms with Gasteiger partial charge in [0.25, 0.3) is 5.91 Å². The summed E-state index contributed by atoms with van der Waals surface area (Å²) in [6, 6.07) is 17.1. The van der Waals surface area contributed by atoms with Crippen LogP contribution in [0.15, 0.2) is 60.9 Å². The zero-order valence-electron chi connectivity index (χ0n) is 16.3. The first-order chi connectivity index (χ1) is 14.2. The van der Waals surface area contributed by atoms with Crippen LogP contribution in [0.2, 0.25) is 0 Å². The Bertz CT molecular complexity index is 1170. The fraction of sp³-hybridized carbons (Fsp3) is 0.182. The quantitative estimate of drug-likeness (QED) is 0.545. The van der Waals surface area contributed by atoms with Gasteiger partial charge in [-0.05, 0) is 31.2 Å². The predicted octanol–water partition coefficient (Wildman–Crippen LogP) is 3.70. The Morgan fingerprint density at radius 3 is 2.83 bits per heavy atom. The second kappa shape index (κ2) is 8.10. The number of carbonyl (C=O) groups is 1. The number of fused-ring (bicyclic) bond motifs is 1. The summed E-state index contributed by atoms with van der Waals surface area (Å²) in [6.07, 6.45) is 2.38. The number of benzene rings is 2. The molecule has 0 spiro atoms. The number of aryl methyl sites for hydroxylation is 2. The summed E-state index contributed by atoms with van der Waals surface area (Å²) in [7, 11) is 0. The average Bonchev–Trinajstić information content (AvgIpc) is 3.21. The van der Waals surface area contributed by atoms with Gasteiger partial charge in [0.1, 0.15) is 17.9 Å². The summed E-state index contributed by atoms with van der Waals surface area (Å²) in [6.45, 7) is 3.81. The van der Waals surface area contributed by atoms with Gasteiger partial charge >= 0.3 is 0 Å². The molecule has 4 rings (SSSR count). The van der Waals surface area contributed by atoms with E-state index >= 15 is 0 Å². The van der Waals surface area contributed by atoms with Crippen molar-refractivity contribution >= 4 is 22.5 Å². The van der Waals surface area contributed by atoms with E-state index in [1.165, 1.54) is 0 Å². The van der Waals surface area contributed by atoms with Gasteiger partial charge in [-0.1, -0.05) is 37.3 Å². The first kappa shape index (κ1) is 18.6. The van der Waals surface area contributed by atoms with E-state index in [1.54, 1.807) is 6.33 Å². The van der Waals surface area contributed by atoms with Crippen molar-refractivity contribution in [3.8, 4) is 11.4 Å². The third-order valence-corrected chi connectivity index (χ3v) is 4.55. The van der Waals surface area contributed by atoms with Crippen LogP contribution in [0.5, 0.6) is 5.75 Å². The number of para-hydroxylation sites is 3. The first-order valence-electron chi connectivity index (χ1n) is 9.43. The lowest BCUT2D eigenvalue weighted by atomic mass is 10.1. The molecule has 0 bridgehead atoms. The smallest absolute Gasteiger partial charge is 0.262 e. The van der Waals surface area contributed by atoms with Crippen LogP contribution in [0.3, 0.4) is 0 Å². The van der Waals surface area contributed by atoms with Crippen LogP contribution < -0.4 is 10.1 Å². The molecule has 0 saturated carbocycles. The van der Waals surface area contributed by atoms with Crippen molar-refractivity contribution in [2.75, 3.05) is 11.9 Å². The lowest BCUT2D eigenvalue weighted by Gasteiger charge is -2.13. The van der Waals surface area contributed by atoms with Gasteiger partial charge < -0.3 is 10.1 Å². The van der Waals surface area contributed by atoms with Gasteiger partial charge in [-0.3, -0.25) is 14.3 Å². The van der Waals surface area contributed by atoms with E-state index in [2.05, 4.69) is 20.5 Å². The van der Waals surface area contributed by atoms with Crippen LogP contribution in [-0.2, 0) is 11.2 Å². The van der Waals surface area contributed by atoms with E-state index in [0.717, 1.165) is 34.5 Å². The molecular formula is C22H21N5O2. The molecule has 0 fully saturated rings. The predicted molar refractivity (Wildman–Crippen MR) is 111 cm³/mol. The normalized spacial score (nSPS) is 10.8. The van der Waals surface area contributed by atoms with E-state index in [9.17, 15) is 4.79 Å². The fourth-order valence-electron chi connectivity index (χ4n) is 3.15. The number of hydrogen-bond acceptors (Lipinski definition) is 5. The van der Waals surface area contributed by atoms with Crippen LogP contribution in [0.1, 0.15) is 18.4 Å². The van der Waals surface area contributed by atoms with Gasteiger partial charge in [0.15, 0.2) is 6.61 Å². The molecule has 2 heterocycles. The molecule has 7 heteroatoms. The minimum absolute atomic E-state index is 0.122. The van der Waals surface area contributed by atoms with Crippen LogP contribution in [-0.4, -0.2) is 32.3 Å². The Morgan fingerprint density at radius 1 is 1.10 bits per heavy atom. The number of nitrogens with zero attached hydrogens (tertiary/aromatic N) is 4. The maximum absolute atomic E-state index is 12.5. The molecule has 2 aromatic carbocycles. The molecule has 0 unspecified atom stereocenters. The molecule has 0 aliphatic heterocycles. The molecule has 1 N–H and O–H groups in total. The van der Waals surface area contributed by atoms with Crippen molar-refractivity contribution in [3.05, 3.63) is 72.4 Å². The second-order valence-corrected chi connectivity index (χ2v) is 6.61. The van der Waals surface area contributed by atoms with Gasteiger partial charge in [0.2, 0.25) is 0 Å². The Kier molecular flexibility index (Phi) is 5.20. The van der Waals surface area contributed by atoms with Gasteiger partial charge in [-0.15, -0.1) is 10.2 Å². The monoisotopic (exact) mass is 387 g/mol. The summed E-state index contributed by atoms with van der Waals surface area (Å²) in [5.74, 6) is 1.15. The fourth-order valence-corrected chi connectivity index (χ4v) is 3.15. The molecule has 0 aliphatic carbocycles. The SMILES string of the molecule is CCc1nncn1-c1ccccc1OCC(=O)Nc1cccc2ccc(C)nc12. The lowest BCUT2D eigenvalue weighted by molar-refractivity contribution is -0.118. The highest BCUT2D eigenvalue weighted by Gasteiger charge is 2.12. The number of rotatable bonds is 6. The summed E-state index contributed by atoms with van der Waals surface area (Å²) in [5.41, 5.74) is 3.12. The summed E-state index contributed by atoms with van der Waals surface area (Å²) < 4.78 is 7.69. The summed E-state index contributed by atoms with van der Waals surface area (Å²) in [4.78, 5) is 17.1. The van der Waals surface area contributed by atoms with Crippen LogP contribution in [0.25, 0.3) is 16.6 Å². The van der Waals surface area contributed by atoms with E-state index < -0.39 is 0 Å². The molecule has 0 radical (unpaired) electrons. The molecule has 4 aromatic rings. The number of anilines is 1. The molecule has 2 aromatic heterocycles. The molecular weight excluding hydrogens is 366 g/mol. The van der Waals surface area contributed by atoms with E-state index in [4.69, 9.17) is 4.74 Å². The highest BCUT2D eigenvalue weighted by Crippen LogP contribution is 2.24. The molecule has 1 amide bonds. The van der Waals surface area contributed by atoms with Crippen molar-refractivity contribution in [2.45, 2.75) is 20.3 Å². The number of ether oxygens (including phenoxy) is 1. The van der Waals surface area contributed by atoms with Gasteiger partial charge in [0, 0.05) is 17.5 Å². The largest absolute Gasteiger partial charge is 0.482 e. The lowest BCUT2D eigenvalue weighted by Crippen LogP contribution is -2.21. The van der Waals surface area contributed by atoms with Crippen LogP contribution in [0.4, 0.5) is 5.69 Å². The molecule has 29 heavy (non-hydrogen) atoms. The first-order valence-corrected chi connectivity index (χ1v) is 9.43. The van der Waals surface area contributed by atoms with Gasteiger partial charge in [-0.25, -0.2) is 0 Å². The maximum atomic E-state index is 12.5. The minimum atomic E-state index is -0.255. The zero-order valence-corrected chi connectivity index (χ0v) is 16.3. The third kappa shape index (κ3) is 3.94. The number of pyridine rings is 1. The molecule has 146 valence electrons. The number of amides is 1. The van der Waals surface area contributed by atoms with Crippen molar-refractivity contribution in [2.24, 2.45) is 0 Å².